The molecule has 0 fully saturated rings. The summed E-state index contributed by atoms with van der Waals surface area (Å²) in [5.41, 5.74) is 5.87. The predicted molar refractivity (Wildman–Crippen MR) is 63.1 cm³/mol. The van der Waals surface area contributed by atoms with Crippen molar-refractivity contribution in [1.29, 1.82) is 0 Å². The molecule has 1 rings (SSSR count). The van der Waals surface area contributed by atoms with Crippen LogP contribution in [0.4, 0.5) is 4.39 Å². The van der Waals surface area contributed by atoms with Crippen LogP contribution in [-0.2, 0) is 20.7 Å². The van der Waals surface area contributed by atoms with Crippen LogP contribution in [0.2, 0.25) is 0 Å². The minimum absolute atomic E-state index is 0.211. The zero-order valence-corrected chi connectivity index (χ0v) is 9.98. The van der Waals surface area contributed by atoms with E-state index in [1.807, 2.05) is 0 Å². The fourth-order valence-corrected chi connectivity index (χ4v) is 1.44. The van der Waals surface area contributed by atoms with Crippen LogP contribution in [-0.4, -0.2) is 31.6 Å². The lowest BCUT2D eigenvalue weighted by molar-refractivity contribution is -0.144. The SMILES string of the molecule is COC(=O)C(Cc1ccc(F)cc1)NC(=O)CN. The van der Waals surface area contributed by atoms with Crippen molar-refractivity contribution in [3.05, 3.63) is 35.6 Å². The zero-order valence-electron chi connectivity index (χ0n) is 9.98. The zero-order chi connectivity index (χ0) is 13.5. The first-order chi connectivity index (χ1) is 8.56. The molecule has 1 amide bonds. The second-order valence-electron chi connectivity index (χ2n) is 3.68. The van der Waals surface area contributed by atoms with Gasteiger partial charge < -0.3 is 15.8 Å². The monoisotopic (exact) mass is 254 g/mol. The van der Waals surface area contributed by atoms with Crippen molar-refractivity contribution in [3.8, 4) is 0 Å². The van der Waals surface area contributed by atoms with Crippen LogP contribution in [0.25, 0.3) is 0 Å². The summed E-state index contributed by atoms with van der Waals surface area (Å²) in [6, 6.07) is 4.83. The van der Waals surface area contributed by atoms with Crippen molar-refractivity contribution in [2.24, 2.45) is 5.73 Å². The van der Waals surface area contributed by atoms with E-state index in [1.165, 1.54) is 19.2 Å². The number of carbonyl (C=O) groups excluding carboxylic acids is 2. The fraction of sp³-hybridized carbons (Fsp3) is 0.333. The van der Waals surface area contributed by atoms with E-state index in [-0.39, 0.29) is 18.8 Å². The third kappa shape index (κ3) is 4.14. The second-order valence-corrected chi connectivity index (χ2v) is 3.68. The first-order valence-corrected chi connectivity index (χ1v) is 5.38. The first kappa shape index (κ1) is 14.1. The lowest BCUT2D eigenvalue weighted by Gasteiger charge is -2.16. The molecule has 5 nitrogen and oxygen atoms in total. The maximum atomic E-state index is 12.7. The van der Waals surface area contributed by atoms with Gasteiger partial charge in [-0.1, -0.05) is 12.1 Å². The molecule has 18 heavy (non-hydrogen) atoms. The van der Waals surface area contributed by atoms with Crippen LogP contribution >= 0.6 is 0 Å². The Morgan fingerprint density at radius 3 is 2.50 bits per heavy atom. The van der Waals surface area contributed by atoms with Crippen molar-refractivity contribution in [1.82, 2.24) is 5.32 Å². The number of nitrogens with two attached hydrogens (primary N) is 1. The Labute approximate surface area is 104 Å². The van der Waals surface area contributed by atoms with Crippen molar-refractivity contribution >= 4 is 11.9 Å². The van der Waals surface area contributed by atoms with Crippen LogP contribution in [0.3, 0.4) is 0 Å². The molecule has 0 aliphatic carbocycles. The average Bonchev–Trinajstić information content (AvgIpc) is 2.39. The smallest absolute Gasteiger partial charge is 0.328 e. The van der Waals surface area contributed by atoms with Gasteiger partial charge in [0.05, 0.1) is 13.7 Å². The summed E-state index contributed by atoms with van der Waals surface area (Å²) in [4.78, 5) is 22.7. The number of benzene rings is 1. The van der Waals surface area contributed by atoms with Gasteiger partial charge >= 0.3 is 5.97 Å². The number of rotatable bonds is 5. The maximum Gasteiger partial charge on any atom is 0.328 e. The molecule has 0 radical (unpaired) electrons. The third-order valence-electron chi connectivity index (χ3n) is 2.36. The molecule has 0 spiro atoms. The summed E-state index contributed by atoms with van der Waals surface area (Å²) in [5.74, 6) is -1.38. The molecule has 98 valence electrons. The van der Waals surface area contributed by atoms with E-state index in [0.29, 0.717) is 5.56 Å². The number of nitrogens with one attached hydrogen (secondary N) is 1. The molecular weight excluding hydrogens is 239 g/mol. The van der Waals surface area contributed by atoms with Gasteiger partial charge in [0, 0.05) is 6.42 Å². The summed E-state index contributed by atoms with van der Waals surface area (Å²) in [6.07, 6.45) is 0.221. The van der Waals surface area contributed by atoms with Crippen LogP contribution < -0.4 is 11.1 Å². The van der Waals surface area contributed by atoms with Gasteiger partial charge in [0.25, 0.3) is 0 Å². The van der Waals surface area contributed by atoms with Gasteiger partial charge in [-0.05, 0) is 17.7 Å². The van der Waals surface area contributed by atoms with Gasteiger partial charge in [-0.2, -0.15) is 0 Å². The van der Waals surface area contributed by atoms with E-state index in [2.05, 4.69) is 10.1 Å². The van der Waals surface area contributed by atoms with E-state index >= 15 is 0 Å². The number of amides is 1. The van der Waals surface area contributed by atoms with Gasteiger partial charge in [0.2, 0.25) is 5.91 Å². The lowest BCUT2D eigenvalue weighted by atomic mass is 10.1. The molecule has 1 aromatic carbocycles. The summed E-state index contributed by atoms with van der Waals surface area (Å²) in [5, 5.41) is 2.45. The van der Waals surface area contributed by atoms with E-state index in [0.717, 1.165) is 0 Å². The Bertz CT molecular complexity index is 420. The van der Waals surface area contributed by atoms with Crippen LogP contribution in [0.1, 0.15) is 5.56 Å². The van der Waals surface area contributed by atoms with E-state index in [1.54, 1.807) is 12.1 Å². The number of hydrogen-bond acceptors (Lipinski definition) is 4. The van der Waals surface area contributed by atoms with Crippen molar-refractivity contribution in [2.75, 3.05) is 13.7 Å². The minimum Gasteiger partial charge on any atom is -0.467 e. The number of hydrogen-bond donors (Lipinski definition) is 2. The standard InChI is InChI=1S/C12H15FN2O3/c1-18-12(17)10(15-11(16)7-14)6-8-2-4-9(13)5-3-8/h2-5,10H,6-7,14H2,1H3,(H,15,16). The van der Waals surface area contributed by atoms with Crippen molar-refractivity contribution in [3.63, 3.8) is 0 Å². The summed E-state index contributed by atoms with van der Waals surface area (Å²) in [7, 11) is 1.23. The van der Waals surface area contributed by atoms with Gasteiger partial charge in [-0.15, -0.1) is 0 Å². The van der Waals surface area contributed by atoms with E-state index in [4.69, 9.17) is 5.73 Å². The molecule has 0 aliphatic rings. The predicted octanol–water partition coefficient (Wildman–Crippen LogP) is -0.0153. The van der Waals surface area contributed by atoms with Crippen LogP contribution in [0.5, 0.6) is 0 Å². The molecule has 0 saturated heterocycles. The number of esters is 1. The molecule has 0 saturated carbocycles. The Morgan fingerprint density at radius 1 is 1.39 bits per heavy atom. The summed E-state index contributed by atoms with van der Waals surface area (Å²) < 4.78 is 17.3. The Balaban J connectivity index is 2.74. The highest BCUT2D eigenvalue weighted by Gasteiger charge is 2.21. The summed E-state index contributed by atoms with van der Waals surface area (Å²) >= 11 is 0. The van der Waals surface area contributed by atoms with Gasteiger partial charge in [0.1, 0.15) is 11.9 Å². The normalized spacial score (nSPS) is 11.7. The Morgan fingerprint density at radius 2 is 2.00 bits per heavy atom. The first-order valence-electron chi connectivity index (χ1n) is 5.38. The van der Waals surface area contributed by atoms with Crippen LogP contribution in [0, 0.1) is 5.82 Å². The maximum absolute atomic E-state index is 12.7. The molecule has 3 N–H and O–H groups in total. The fourth-order valence-electron chi connectivity index (χ4n) is 1.44. The van der Waals surface area contributed by atoms with Gasteiger partial charge in [-0.3, -0.25) is 4.79 Å². The molecule has 1 unspecified atom stereocenters. The molecule has 0 bridgehead atoms. The Kier molecular flexibility index (Phi) is 5.26. The molecule has 1 aromatic rings. The second kappa shape index (κ2) is 6.70. The highest BCUT2D eigenvalue weighted by molar-refractivity contribution is 5.85. The van der Waals surface area contributed by atoms with Crippen LogP contribution in [0.15, 0.2) is 24.3 Å². The van der Waals surface area contributed by atoms with Crippen molar-refractivity contribution < 1.29 is 18.7 Å². The number of ether oxygens (including phenoxy) is 1. The Hall–Kier alpha value is -1.95. The highest BCUT2D eigenvalue weighted by atomic mass is 19.1. The number of halogens is 1. The highest BCUT2D eigenvalue weighted by Crippen LogP contribution is 2.06. The molecule has 6 heteroatoms. The molecule has 0 heterocycles. The average molecular weight is 254 g/mol. The topological polar surface area (TPSA) is 81.4 Å². The van der Waals surface area contributed by atoms with Gasteiger partial charge in [-0.25, -0.2) is 9.18 Å². The minimum atomic E-state index is -0.823. The van der Waals surface area contributed by atoms with Crippen molar-refractivity contribution in [2.45, 2.75) is 12.5 Å². The third-order valence-corrected chi connectivity index (χ3v) is 2.36. The van der Waals surface area contributed by atoms with Gasteiger partial charge in [0.15, 0.2) is 0 Å². The molecule has 0 aliphatic heterocycles. The quantitative estimate of drug-likeness (QED) is 0.724. The largest absolute Gasteiger partial charge is 0.467 e. The number of carbonyl (C=O) groups is 2. The molecule has 1 atom stereocenters. The molecular formula is C12H15FN2O3. The molecule has 0 aromatic heterocycles. The van der Waals surface area contributed by atoms with E-state index in [9.17, 15) is 14.0 Å². The summed E-state index contributed by atoms with van der Waals surface area (Å²) in [6.45, 7) is -0.211. The van der Waals surface area contributed by atoms with E-state index < -0.39 is 17.9 Å². The lowest BCUT2D eigenvalue weighted by Crippen LogP contribution is -2.45. The number of methoxy groups -OCH3 is 1.